The Morgan fingerprint density at radius 2 is 2.33 bits per heavy atom. The Morgan fingerprint density at radius 3 is 3.13 bits per heavy atom. The van der Waals surface area contributed by atoms with Crippen molar-refractivity contribution in [1.29, 1.82) is 0 Å². The number of aliphatic hydroxyl groups is 1. The van der Waals surface area contributed by atoms with Gasteiger partial charge < -0.3 is 5.11 Å². The summed E-state index contributed by atoms with van der Waals surface area (Å²) in [6.07, 6.45) is 8.21. The molecule has 1 spiro atoms. The lowest BCUT2D eigenvalue weighted by atomic mass is 9.62. The van der Waals surface area contributed by atoms with E-state index >= 15 is 0 Å². The fourth-order valence-corrected chi connectivity index (χ4v) is 3.63. The third kappa shape index (κ3) is 1.18. The third-order valence-electron chi connectivity index (χ3n) is 4.42. The molecule has 0 aliphatic heterocycles. The zero-order chi connectivity index (χ0) is 10.6. The first-order valence-corrected chi connectivity index (χ1v) is 5.70. The maximum Gasteiger partial charge on any atom is 0.155 e. The van der Waals surface area contributed by atoms with Crippen LogP contribution in [0.15, 0.2) is 23.8 Å². The summed E-state index contributed by atoms with van der Waals surface area (Å²) in [7, 11) is 0. The van der Waals surface area contributed by atoms with E-state index in [1.54, 1.807) is 6.08 Å². The number of aliphatic hydroxyl groups excluding tert-OH is 1. The normalized spacial score (nSPS) is 47.7. The second kappa shape index (κ2) is 2.82. The molecule has 0 unspecified atom stereocenters. The van der Waals surface area contributed by atoms with Gasteiger partial charge in [0.15, 0.2) is 5.78 Å². The maximum atomic E-state index is 11.4. The molecule has 0 aromatic rings. The summed E-state index contributed by atoms with van der Waals surface area (Å²) in [5.41, 5.74) is 1.40. The molecule has 1 N–H and O–H groups in total. The molecule has 2 heteroatoms. The molecular weight excluding hydrogens is 188 g/mol. The Bertz CT molecular complexity index is 380. The van der Waals surface area contributed by atoms with Gasteiger partial charge in [-0.25, -0.2) is 0 Å². The van der Waals surface area contributed by atoms with Crippen LogP contribution < -0.4 is 0 Å². The molecule has 1 saturated carbocycles. The number of fused-ring (bicyclic) bond motifs is 1. The van der Waals surface area contributed by atoms with Crippen LogP contribution in [0.1, 0.15) is 26.2 Å². The fraction of sp³-hybridized carbons (Fsp3) is 0.615. The summed E-state index contributed by atoms with van der Waals surface area (Å²) in [4.78, 5) is 11.4. The third-order valence-corrected chi connectivity index (χ3v) is 4.42. The number of ketones is 1. The van der Waals surface area contributed by atoms with Crippen molar-refractivity contribution in [2.45, 2.75) is 32.3 Å². The van der Waals surface area contributed by atoms with Gasteiger partial charge in [0.1, 0.15) is 0 Å². The molecule has 3 aliphatic rings. The molecule has 2 nitrogen and oxygen atoms in total. The minimum absolute atomic E-state index is 0.000324. The summed E-state index contributed by atoms with van der Waals surface area (Å²) >= 11 is 0. The molecular formula is C13H16O2. The minimum Gasteiger partial charge on any atom is -0.393 e. The van der Waals surface area contributed by atoms with Crippen LogP contribution in [0.25, 0.3) is 0 Å². The summed E-state index contributed by atoms with van der Waals surface area (Å²) in [5.74, 6) is 0.832. The lowest BCUT2D eigenvalue weighted by Gasteiger charge is -2.43. The largest absolute Gasteiger partial charge is 0.393 e. The van der Waals surface area contributed by atoms with Gasteiger partial charge in [-0.1, -0.05) is 17.7 Å². The number of carbonyl (C=O) groups is 1. The quantitative estimate of drug-likeness (QED) is 0.611. The van der Waals surface area contributed by atoms with Crippen molar-refractivity contribution < 1.29 is 9.90 Å². The molecule has 80 valence electrons. The molecule has 3 rings (SSSR count). The van der Waals surface area contributed by atoms with E-state index in [4.69, 9.17) is 0 Å². The maximum absolute atomic E-state index is 11.4. The fourth-order valence-electron chi connectivity index (χ4n) is 3.63. The zero-order valence-corrected chi connectivity index (χ0v) is 8.94. The molecule has 0 aromatic carbocycles. The van der Waals surface area contributed by atoms with Crippen LogP contribution in [0.3, 0.4) is 0 Å². The average molecular weight is 204 g/mol. The predicted molar refractivity (Wildman–Crippen MR) is 57.2 cm³/mol. The lowest BCUT2D eigenvalue weighted by molar-refractivity contribution is -0.119. The highest BCUT2D eigenvalue weighted by atomic mass is 16.3. The van der Waals surface area contributed by atoms with Crippen LogP contribution in [-0.2, 0) is 4.79 Å². The molecule has 2 bridgehead atoms. The Kier molecular flexibility index (Phi) is 1.76. The van der Waals surface area contributed by atoms with Gasteiger partial charge in [-0.2, -0.15) is 0 Å². The summed E-state index contributed by atoms with van der Waals surface area (Å²) in [6, 6.07) is 0. The van der Waals surface area contributed by atoms with Crippen molar-refractivity contribution in [2.24, 2.45) is 17.3 Å². The van der Waals surface area contributed by atoms with Gasteiger partial charge in [0, 0.05) is 17.8 Å². The van der Waals surface area contributed by atoms with Gasteiger partial charge >= 0.3 is 0 Å². The SMILES string of the molecule is CC1=C[C@@]23C=CC(=O)C[C@@H]2[C@H](O)C[C@H]1C3. The van der Waals surface area contributed by atoms with E-state index in [0.717, 1.165) is 12.8 Å². The van der Waals surface area contributed by atoms with Crippen molar-refractivity contribution in [1.82, 2.24) is 0 Å². The number of rotatable bonds is 0. The highest BCUT2D eigenvalue weighted by Gasteiger charge is 2.51. The van der Waals surface area contributed by atoms with E-state index < -0.39 is 0 Å². The van der Waals surface area contributed by atoms with Crippen LogP contribution in [0.5, 0.6) is 0 Å². The zero-order valence-electron chi connectivity index (χ0n) is 8.94. The minimum atomic E-state index is -0.300. The topological polar surface area (TPSA) is 37.3 Å². The Labute approximate surface area is 89.7 Å². The van der Waals surface area contributed by atoms with Crippen LogP contribution in [0, 0.1) is 17.3 Å². The lowest BCUT2D eigenvalue weighted by Crippen LogP contribution is -2.43. The first kappa shape index (κ1) is 9.34. The molecule has 0 amide bonds. The Hall–Kier alpha value is -0.890. The van der Waals surface area contributed by atoms with Gasteiger partial charge in [0.05, 0.1) is 6.10 Å². The van der Waals surface area contributed by atoms with Gasteiger partial charge in [-0.05, 0) is 31.8 Å². The van der Waals surface area contributed by atoms with Crippen LogP contribution in [-0.4, -0.2) is 17.0 Å². The van der Waals surface area contributed by atoms with Gasteiger partial charge in [0.25, 0.3) is 0 Å². The van der Waals surface area contributed by atoms with Gasteiger partial charge in [-0.3, -0.25) is 4.79 Å². The number of hydrogen-bond acceptors (Lipinski definition) is 2. The van der Waals surface area contributed by atoms with Crippen LogP contribution in [0.2, 0.25) is 0 Å². The monoisotopic (exact) mass is 204 g/mol. The second-order valence-corrected chi connectivity index (χ2v) is 5.32. The number of hydrogen-bond donors (Lipinski definition) is 1. The van der Waals surface area contributed by atoms with Crippen molar-refractivity contribution in [3.05, 3.63) is 23.8 Å². The van der Waals surface area contributed by atoms with E-state index in [0.29, 0.717) is 12.3 Å². The highest BCUT2D eigenvalue weighted by Crippen LogP contribution is 2.56. The van der Waals surface area contributed by atoms with Crippen molar-refractivity contribution in [3.8, 4) is 0 Å². The second-order valence-electron chi connectivity index (χ2n) is 5.32. The standard InChI is InChI=1S/C13H16O2/c1-8-6-13-3-2-10(14)5-11(13)12(15)4-9(8)7-13/h2-3,6,9,11-12,15H,4-5,7H2,1H3/t9-,11+,12+,13+/m0/s1. The molecule has 0 aromatic heterocycles. The van der Waals surface area contributed by atoms with Gasteiger partial charge in [0.2, 0.25) is 0 Å². The van der Waals surface area contributed by atoms with Crippen molar-refractivity contribution >= 4 is 5.78 Å². The van der Waals surface area contributed by atoms with E-state index in [-0.39, 0.29) is 23.2 Å². The van der Waals surface area contributed by atoms with Crippen molar-refractivity contribution in [2.75, 3.05) is 0 Å². The Morgan fingerprint density at radius 1 is 1.53 bits per heavy atom. The van der Waals surface area contributed by atoms with E-state index in [9.17, 15) is 9.90 Å². The summed E-state index contributed by atoms with van der Waals surface area (Å²) in [5, 5.41) is 10.1. The predicted octanol–water partition coefficient (Wildman–Crippen LogP) is 1.85. The van der Waals surface area contributed by atoms with Crippen LogP contribution >= 0.6 is 0 Å². The molecule has 0 radical (unpaired) electrons. The first-order valence-electron chi connectivity index (χ1n) is 5.70. The molecule has 0 saturated heterocycles. The van der Waals surface area contributed by atoms with E-state index in [1.807, 2.05) is 6.08 Å². The molecule has 4 atom stereocenters. The highest BCUT2D eigenvalue weighted by molar-refractivity contribution is 5.91. The smallest absolute Gasteiger partial charge is 0.155 e. The van der Waals surface area contributed by atoms with Crippen molar-refractivity contribution in [3.63, 3.8) is 0 Å². The Balaban J connectivity index is 2.08. The molecule has 15 heavy (non-hydrogen) atoms. The van der Waals surface area contributed by atoms with E-state index in [1.165, 1.54) is 5.57 Å². The van der Waals surface area contributed by atoms with Gasteiger partial charge in [-0.15, -0.1) is 0 Å². The van der Waals surface area contributed by atoms with E-state index in [2.05, 4.69) is 13.0 Å². The number of allylic oxidation sites excluding steroid dienone is 4. The summed E-state index contributed by atoms with van der Waals surface area (Å²) < 4.78 is 0. The van der Waals surface area contributed by atoms with Crippen LogP contribution in [0.4, 0.5) is 0 Å². The summed E-state index contributed by atoms with van der Waals surface area (Å²) in [6.45, 7) is 2.15. The first-order chi connectivity index (χ1) is 7.11. The number of carbonyl (C=O) groups excluding carboxylic acids is 1. The molecule has 0 heterocycles. The average Bonchev–Trinajstić information content (AvgIpc) is 2.44. The molecule has 1 fully saturated rings. The molecule has 3 aliphatic carbocycles.